The molecule has 8 heteroatoms. The largest absolute Gasteiger partial charge is 0.466 e. The van der Waals surface area contributed by atoms with Crippen molar-refractivity contribution in [1.29, 1.82) is 0 Å². The fourth-order valence-electron chi connectivity index (χ4n) is 1.78. The van der Waals surface area contributed by atoms with Crippen LogP contribution in [0.2, 0.25) is 0 Å². The van der Waals surface area contributed by atoms with E-state index in [1.165, 1.54) is 0 Å². The molecule has 1 rings (SSSR count). The molecular formula is C9H19ClNO5P. The lowest BCUT2D eigenvalue weighted by Gasteiger charge is -2.21. The normalized spacial score (nSPS) is 27.0. The molecule has 3 unspecified atom stereocenters. The number of hydrogen-bond donors (Lipinski definition) is 2. The lowest BCUT2D eigenvalue weighted by Crippen LogP contribution is -2.29. The van der Waals surface area contributed by atoms with Crippen LogP contribution in [0.25, 0.3) is 0 Å². The van der Waals surface area contributed by atoms with E-state index < -0.39 is 25.1 Å². The predicted octanol–water partition coefficient (Wildman–Crippen LogP) is 0.781. The highest BCUT2D eigenvalue weighted by atomic mass is 35.5. The van der Waals surface area contributed by atoms with Crippen molar-refractivity contribution in [3.63, 3.8) is 0 Å². The average molecular weight is 288 g/mol. The molecule has 0 amide bonds. The van der Waals surface area contributed by atoms with Crippen LogP contribution >= 0.6 is 20.0 Å². The van der Waals surface area contributed by atoms with Gasteiger partial charge in [-0.25, -0.2) is 0 Å². The molecule has 0 aliphatic carbocycles. The van der Waals surface area contributed by atoms with E-state index in [1.807, 2.05) is 0 Å². The summed E-state index contributed by atoms with van der Waals surface area (Å²) in [5.41, 5.74) is -0.702. The standard InChI is InChI=1S/C9H18NO5P.ClH/c1-3-14-9(11)7-5-10-6-8(7)16(12,13)15-4-2;/h7-8,10H,3-6H2,1-2H3,(H,12,13);1H. The first-order valence-electron chi connectivity index (χ1n) is 5.37. The van der Waals surface area contributed by atoms with Gasteiger partial charge in [-0.15, -0.1) is 12.4 Å². The molecule has 1 aliphatic heterocycles. The molecule has 2 N–H and O–H groups in total. The van der Waals surface area contributed by atoms with Gasteiger partial charge in [0.05, 0.1) is 24.8 Å². The molecule has 0 bridgehead atoms. The van der Waals surface area contributed by atoms with Crippen molar-refractivity contribution in [2.24, 2.45) is 5.92 Å². The molecule has 0 spiro atoms. The van der Waals surface area contributed by atoms with Crippen molar-refractivity contribution in [2.75, 3.05) is 26.3 Å². The number of halogens is 1. The smallest absolute Gasteiger partial charge is 0.333 e. The molecule has 1 aliphatic rings. The zero-order valence-electron chi connectivity index (χ0n) is 9.92. The molecule has 0 saturated carbocycles. The quantitative estimate of drug-likeness (QED) is 0.574. The Bertz CT molecular complexity index is 301. The van der Waals surface area contributed by atoms with Gasteiger partial charge >= 0.3 is 13.6 Å². The summed E-state index contributed by atoms with van der Waals surface area (Å²) >= 11 is 0. The Kier molecular flexibility index (Phi) is 7.28. The maximum absolute atomic E-state index is 11.8. The van der Waals surface area contributed by atoms with Gasteiger partial charge in [0, 0.05) is 13.1 Å². The molecule has 0 aromatic heterocycles. The van der Waals surface area contributed by atoms with Crippen molar-refractivity contribution in [3.05, 3.63) is 0 Å². The Morgan fingerprint density at radius 3 is 2.59 bits per heavy atom. The Hall–Kier alpha value is -0.130. The van der Waals surface area contributed by atoms with Gasteiger partial charge in [-0.05, 0) is 13.8 Å². The van der Waals surface area contributed by atoms with Crippen LogP contribution in [0.5, 0.6) is 0 Å². The minimum absolute atomic E-state index is 0. The number of nitrogens with one attached hydrogen (secondary N) is 1. The molecule has 102 valence electrons. The van der Waals surface area contributed by atoms with Gasteiger partial charge in [-0.2, -0.15) is 0 Å². The van der Waals surface area contributed by atoms with Gasteiger partial charge < -0.3 is 19.5 Å². The number of ether oxygens (including phenoxy) is 1. The lowest BCUT2D eigenvalue weighted by molar-refractivity contribution is -0.147. The van der Waals surface area contributed by atoms with Crippen LogP contribution < -0.4 is 5.32 Å². The Labute approximate surface area is 107 Å². The van der Waals surface area contributed by atoms with Crippen molar-refractivity contribution < 1.29 is 23.5 Å². The molecule has 3 atom stereocenters. The average Bonchev–Trinajstić information content (AvgIpc) is 2.66. The van der Waals surface area contributed by atoms with E-state index in [0.717, 1.165) is 0 Å². The first-order chi connectivity index (χ1) is 7.53. The van der Waals surface area contributed by atoms with Crippen LogP contribution in [0, 0.1) is 5.92 Å². The van der Waals surface area contributed by atoms with Crippen LogP contribution in [0.3, 0.4) is 0 Å². The van der Waals surface area contributed by atoms with E-state index in [0.29, 0.717) is 13.1 Å². The van der Waals surface area contributed by atoms with Crippen molar-refractivity contribution >= 4 is 26.0 Å². The third-order valence-corrected chi connectivity index (χ3v) is 4.51. The predicted molar refractivity (Wildman–Crippen MR) is 65.5 cm³/mol. The summed E-state index contributed by atoms with van der Waals surface area (Å²) in [6.07, 6.45) is 0. The summed E-state index contributed by atoms with van der Waals surface area (Å²) in [6, 6.07) is 0. The summed E-state index contributed by atoms with van der Waals surface area (Å²) < 4.78 is 21.5. The van der Waals surface area contributed by atoms with Crippen LogP contribution in [-0.4, -0.2) is 42.8 Å². The van der Waals surface area contributed by atoms with Gasteiger partial charge in [-0.1, -0.05) is 0 Å². The van der Waals surface area contributed by atoms with Crippen molar-refractivity contribution in [2.45, 2.75) is 19.5 Å². The topological polar surface area (TPSA) is 84.9 Å². The van der Waals surface area contributed by atoms with Gasteiger partial charge in [0.25, 0.3) is 0 Å². The van der Waals surface area contributed by atoms with Gasteiger partial charge in [0.1, 0.15) is 0 Å². The number of esters is 1. The maximum Gasteiger partial charge on any atom is 0.333 e. The lowest BCUT2D eigenvalue weighted by atomic mass is 10.1. The fraction of sp³-hybridized carbons (Fsp3) is 0.889. The summed E-state index contributed by atoms with van der Waals surface area (Å²) in [5.74, 6) is -1.03. The second-order valence-electron chi connectivity index (χ2n) is 3.57. The van der Waals surface area contributed by atoms with Crippen molar-refractivity contribution in [3.8, 4) is 0 Å². The number of rotatable bonds is 5. The van der Waals surface area contributed by atoms with E-state index in [1.54, 1.807) is 13.8 Å². The van der Waals surface area contributed by atoms with Crippen LogP contribution in [0.15, 0.2) is 0 Å². The number of carbonyl (C=O) groups is 1. The van der Waals surface area contributed by atoms with Crippen LogP contribution in [0.1, 0.15) is 13.8 Å². The molecule has 6 nitrogen and oxygen atoms in total. The molecule has 0 aromatic rings. The van der Waals surface area contributed by atoms with E-state index in [9.17, 15) is 14.3 Å². The molecule has 1 saturated heterocycles. The highest BCUT2D eigenvalue weighted by molar-refractivity contribution is 7.53. The van der Waals surface area contributed by atoms with Crippen molar-refractivity contribution in [1.82, 2.24) is 5.32 Å². The summed E-state index contributed by atoms with van der Waals surface area (Å²) in [4.78, 5) is 21.2. The maximum atomic E-state index is 11.8. The summed E-state index contributed by atoms with van der Waals surface area (Å²) in [7, 11) is -3.74. The first-order valence-corrected chi connectivity index (χ1v) is 7.02. The number of carbonyl (C=O) groups excluding carboxylic acids is 1. The highest BCUT2D eigenvalue weighted by Gasteiger charge is 2.45. The van der Waals surface area contributed by atoms with E-state index >= 15 is 0 Å². The zero-order valence-corrected chi connectivity index (χ0v) is 11.6. The van der Waals surface area contributed by atoms with Crippen LogP contribution in [0.4, 0.5) is 0 Å². The molecule has 0 aromatic carbocycles. The number of hydrogen-bond acceptors (Lipinski definition) is 5. The minimum Gasteiger partial charge on any atom is -0.466 e. The van der Waals surface area contributed by atoms with Crippen LogP contribution in [-0.2, 0) is 18.6 Å². The van der Waals surface area contributed by atoms with Gasteiger partial charge in [-0.3, -0.25) is 9.36 Å². The third kappa shape index (κ3) is 4.23. The third-order valence-electron chi connectivity index (χ3n) is 2.50. The second kappa shape index (κ2) is 7.34. The van der Waals surface area contributed by atoms with Gasteiger partial charge in [0.2, 0.25) is 0 Å². The monoisotopic (exact) mass is 287 g/mol. The molecule has 1 fully saturated rings. The molecule has 1 heterocycles. The molecule has 17 heavy (non-hydrogen) atoms. The Balaban J connectivity index is 0.00000256. The van der Waals surface area contributed by atoms with E-state index in [-0.39, 0.29) is 25.6 Å². The zero-order chi connectivity index (χ0) is 12.2. The molecular weight excluding hydrogens is 269 g/mol. The summed E-state index contributed by atoms with van der Waals surface area (Å²) in [6.45, 7) is 4.44. The second-order valence-corrected chi connectivity index (χ2v) is 5.62. The fourth-order valence-corrected chi connectivity index (χ4v) is 3.38. The Morgan fingerprint density at radius 1 is 1.41 bits per heavy atom. The Morgan fingerprint density at radius 2 is 2.06 bits per heavy atom. The highest BCUT2D eigenvalue weighted by Crippen LogP contribution is 2.51. The first kappa shape index (κ1) is 16.9. The van der Waals surface area contributed by atoms with E-state index in [4.69, 9.17) is 9.26 Å². The summed E-state index contributed by atoms with van der Waals surface area (Å²) in [5, 5.41) is 2.91. The van der Waals surface area contributed by atoms with Gasteiger partial charge in [0.15, 0.2) is 0 Å². The van der Waals surface area contributed by atoms with E-state index in [2.05, 4.69) is 5.32 Å². The molecule has 0 radical (unpaired) electrons. The SMILES string of the molecule is CCOC(=O)C1CNCC1P(=O)(O)OCC.Cl. The minimum atomic E-state index is -3.74.